The van der Waals surface area contributed by atoms with Crippen LogP contribution in [0.3, 0.4) is 0 Å². The molecule has 0 spiro atoms. The van der Waals surface area contributed by atoms with Gasteiger partial charge in [-0.25, -0.2) is 9.78 Å². The number of anilines is 1. The number of carbonyl (C=O) groups excluding carboxylic acids is 2. The Morgan fingerprint density at radius 2 is 2.06 bits per heavy atom. The lowest BCUT2D eigenvalue weighted by molar-refractivity contribution is -0.160. The van der Waals surface area contributed by atoms with Gasteiger partial charge in [-0.1, -0.05) is 11.6 Å². The molecule has 3 heterocycles. The van der Waals surface area contributed by atoms with Crippen LogP contribution in [-0.4, -0.2) is 66.8 Å². The first-order valence-electron chi connectivity index (χ1n) is 11.3. The molecule has 1 aromatic rings. The Balaban J connectivity index is 1.53. The predicted molar refractivity (Wildman–Crippen MR) is 131 cm³/mol. The number of carbonyl (C=O) groups is 3. The summed E-state index contributed by atoms with van der Waals surface area (Å²) in [6, 6.07) is -1.77. The van der Waals surface area contributed by atoms with Gasteiger partial charge in [0, 0.05) is 10.1 Å². The lowest BCUT2D eigenvalue weighted by Crippen LogP contribution is -2.71. The zero-order chi connectivity index (χ0) is 24.6. The number of nitrogen functional groups attached to an aromatic ring is 1. The summed E-state index contributed by atoms with van der Waals surface area (Å²) in [5, 5.41) is 18.3. The fourth-order valence-corrected chi connectivity index (χ4v) is 6.75. The van der Waals surface area contributed by atoms with Gasteiger partial charge in [0.2, 0.25) is 5.91 Å². The van der Waals surface area contributed by atoms with Crippen LogP contribution in [-0.2, 0) is 19.2 Å². The average Bonchev–Trinajstić information content (AvgIpc) is 3.30. The van der Waals surface area contributed by atoms with Crippen LogP contribution in [0.4, 0.5) is 5.13 Å². The van der Waals surface area contributed by atoms with Crippen LogP contribution in [0.2, 0.25) is 0 Å². The molecule has 2 saturated heterocycles. The van der Waals surface area contributed by atoms with E-state index in [0.29, 0.717) is 16.4 Å². The Morgan fingerprint density at radius 3 is 2.68 bits per heavy atom. The van der Waals surface area contributed by atoms with E-state index in [1.807, 2.05) is 0 Å². The predicted octanol–water partition coefficient (Wildman–Crippen LogP) is 2.47. The third-order valence-corrected chi connectivity index (χ3v) is 8.56. The van der Waals surface area contributed by atoms with E-state index in [1.165, 1.54) is 28.0 Å². The molecule has 0 unspecified atom stereocenters. The minimum absolute atomic E-state index is 0.0531. The van der Waals surface area contributed by atoms with Crippen LogP contribution in [0.5, 0.6) is 0 Å². The highest BCUT2D eigenvalue weighted by Gasteiger charge is 2.64. The number of nitrogens with two attached hydrogens (primary N) is 1. The molecule has 1 saturated carbocycles. The quantitative estimate of drug-likeness (QED) is 0.290. The number of nitrogens with zero attached hydrogens (tertiary/aromatic N) is 3. The summed E-state index contributed by atoms with van der Waals surface area (Å²) in [6.45, 7) is 5.30. The maximum Gasteiger partial charge on any atom is 0.327 e. The number of aliphatic carboxylic acids is 1. The first-order valence-corrected chi connectivity index (χ1v) is 13.0. The fraction of sp³-hybridized carbons (Fsp3) is 0.591. The molecule has 1 aliphatic carbocycles. The Kier molecular flexibility index (Phi) is 6.90. The van der Waals surface area contributed by atoms with Crippen molar-refractivity contribution in [1.82, 2.24) is 15.2 Å². The van der Waals surface area contributed by atoms with E-state index >= 15 is 0 Å². The number of nitrogens with one attached hydrogen (secondary N) is 1. The number of amides is 2. The lowest BCUT2D eigenvalue weighted by Gasteiger charge is -2.43. The van der Waals surface area contributed by atoms with E-state index in [9.17, 15) is 19.5 Å². The molecule has 1 aromatic heterocycles. The molecule has 12 heteroatoms. The zero-order valence-corrected chi connectivity index (χ0v) is 20.9. The van der Waals surface area contributed by atoms with Gasteiger partial charge in [-0.2, -0.15) is 0 Å². The van der Waals surface area contributed by atoms with Crippen molar-refractivity contribution < 1.29 is 24.3 Å². The molecule has 0 radical (unpaired) electrons. The number of rotatable bonds is 7. The second-order valence-corrected chi connectivity index (χ2v) is 12.0. The van der Waals surface area contributed by atoms with Gasteiger partial charge in [-0.05, 0) is 58.1 Å². The van der Waals surface area contributed by atoms with E-state index in [-0.39, 0.29) is 11.8 Å². The fourth-order valence-electron chi connectivity index (χ4n) is 4.60. The second-order valence-electron chi connectivity index (χ2n) is 9.29. The van der Waals surface area contributed by atoms with Gasteiger partial charge in [0.25, 0.3) is 5.91 Å². The van der Waals surface area contributed by atoms with Gasteiger partial charge in [-0.15, -0.1) is 23.1 Å². The minimum atomic E-state index is -1.05. The molecule has 3 atom stereocenters. The summed E-state index contributed by atoms with van der Waals surface area (Å²) in [7, 11) is 0. The third-order valence-electron chi connectivity index (χ3n) is 6.30. The Hall–Kier alpha value is -2.60. The highest BCUT2D eigenvalue weighted by atomic mass is 32.2. The van der Waals surface area contributed by atoms with Crippen LogP contribution in [0.1, 0.15) is 58.6 Å². The highest BCUT2D eigenvalue weighted by molar-refractivity contribution is 8.01. The van der Waals surface area contributed by atoms with Crippen LogP contribution >= 0.6 is 23.1 Å². The van der Waals surface area contributed by atoms with E-state index < -0.39 is 40.0 Å². The average molecular weight is 508 g/mol. The van der Waals surface area contributed by atoms with E-state index in [2.05, 4.69) is 15.5 Å². The number of hydrogen-bond donors (Lipinski definition) is 3. The van der Waals surface area contributed by atoms with E-state index in [0.717, 1.165) is 32.1 Å². The summed E-state index contributed by atoms with van der Waals surface area (Å²) in [5.41, 5.74) is 6.89. The number of carboxylic acids is 1. The molecule has 34 heavy (non-hydrogen) atoms. The first kappa shape index (κ1) is 24.5. The van der Waals surface area contributed by atoms with Gasteiger partial charge in [0.15, 0.2) is 10.8 Å². The van der Waals surface area contributed by atoms with Gasteiger partial charge < -0.3 is 25.9 Å². The lowest BCUT2D eigenvalue weighted by atomic mass is 9.96. The van der Waals surface area contributed by atoms with Gasteiger partial charge in [0.1, 0.15) is 23.6 Å². The summed E-state index contributed by atoms with van der Waals surface area (Å²) in [4.78, 5) is 49.1. The summed E-state index contributed by atoms with van der Waals surface area (Å²) in [6.07, 6.45) is 6.67. The Bertz CT molecular complexity index is 1050. The molecule has 184 valence electrons. The van der Waals surface area contributed by atoms with Crippen LogP contribution in [0.25, 0.3) is 6.08 Å². The van der Waals surface area contributed by atoms with E-state index in [1.54, 1.807) is 32.2 Å². The largest absolute Gasteiger partial charge is 0.480 e. The number of hydrogen-bond acceptors (Lipinski definition) is 9. The van der Waals surface area contributed by atoms with Crippen molar-refractivity contribution in [2.24, 2.45) is 5.16 Å². The molecular formula is C22H29N5O5S2. The van der Waals surface area contributed by atoms with Crippen LogP contribution in [0, 0.1) is 0 Å². The number of thioether (sulfide) groups is 1. The smallest absolute Gasteiger partial charge is 0.327 e. The number of fused-ring (bicyclic) bond motifs is 1. The molecule has 2 amide bonds. The molecule has 4 rings (SSSR count). The minimum Gasteiger partial charge on any atom is -0.480 e. The maximum atomic E-state index is 13.3. The topological polar surface area (TPSA) is 147 Å². The van der Waals surface area contributed by atoms with Crippen molar-refractivity contribution in [2.75, 3.05) is 5.73 Å². The van der Waals surface area contributed by atoms with Crippen molar-refractivity contribution in [2.45, 2.75) is 81.2 Å². The normalized spacial score (nSPS) is 27.2. The number of carboxylic acid groups (broad SMARTS) is 1. The number of oxime groups is 1. The van der Waals surface area contributed by atoms with Crippen molar-refractivity contribution in [3.63, 3.8) is 0 Å². The summed E-state index contributed by atoms with van der Waals surface area (Å²) < 4.78 is -0.674. The second kappa shape index (κ2) is 9.57. The number of β-lactam (4-membered cyclic amide) rings is 1. The van der Waals surface area contributed by atoms with Gasteiger partial charge in [0.05, 0.1) is 5.69 Å². The van der Waals surface area contributed by atoms with Crippen LogP contribution < -0.4 is 11.1 Å². The standard InChI is InChI=1S/C22H29N5O5S2/c1-11(9-12-10-33-21(23)24-12)14(26-32-13-7-5-4-6-8-13)17(28)25-15-18(29)27-16(20(30)31)22(2,3)34-19(15)27/h9-10,13,15-16,19H,4-8H2,1-3H3,(H2,23,24)(H,25,28)(H,30,31)/b11-9+,26-14-/t15-,16+,19-/m1/s1. The van der Waals surface area contributed by atoms with Crippen molar-refractivity contribution in [1.29, 1.82) is 0 Å². The monoisotopic (exact) mass is 507 g/mol. The Labute approximate surface area is 206 Å². The maximum absolute atomic E-state index is 13.3. The molecule has 3 fully saturated rings. The molecule has 2 aliphatic heterocycles. The summed E-state index contributed by atoms with van der Waals surface area (Å²) in [5.74, 6) is -2.02. The first-order chi connectivity index (χ1) is 16.1. The van der Waals surface area contributed by atoms with E-state index in [4.69, 9.17) is 10.6 Å². The summed E-state index contributed by atoms with van der Waals surface area (Å²) >= 11 is 2.66. The number of aromatic nitrogens is 1. The molecule has 10 nitrogen and oxygen atoms in total. The molecule has 4 N–H and O–H groups in total. The molecular weight excluding hydrogens is 478 g/mol. The number of thiazole rings is 1. The van der Waals surface area contributed by atoms with Crippen molar-refractivity contribution in [3.05, 3.63) is 16.6 Å². The third kappa shape index (κ3) is 4.78. The zero-order valence-electron chi connectivity index (χ0n) is 19.3. The van der Waals surface area contributed by atoms with Gasteiger partial charge >= 0.3 is 5.97 Å². The van der Waals surface area contributed by atoms with Crippen LogP contribution in [0.15, 0.2) is 16.1 Å². The molecule has 3 aliphatic rings. The van der Waals surface area contributed by atoms with Crippen molar-refractivity contribution in [3.8, 4) is 0 Å². The molecule has 0 bridgehead atoms. The Morgan fingerprint density at radius 1 is 1.35 bits per heavy atom. The van der Waals surface area contributed by atoms with Crippen molar-refractivity contribution >= 4 is 57.8 Å². The SMILES string of the molecule is CC(=C\c1csc(N)n1)/C(=N/OC1CCCCC1)C(=O)N[C@@H]1C(=O)N2[C@@H]1SC(C)(C)[C@@H]2C(=O)O. The molecule has 0 aromatic carbocycles. The van der Waals surface area contributed by atoms with Gasteiger partial charge in [-0.3, -0.25) is 9.59 Å². The highest BCUT2D eigenvalue weighted by Crippen LogP contribution is 2.50.